The number of nitrogens with one attached hydrogen (secondary N) is 2. The molecule has 7 heteroatoms. The van der Waals surface area contributed by atoms with Gasteiger partial charge in [-0.1, -0.05) is 6.07 Å². The molecule has 0 saturated carbocycles. The Morgan fingerprint density at radius 3 is 2.85 bits per heavy atom. The molecule has 4 rings (SSSR count). The lowest BCUT2D eigenvalue weighted by atomic mass is 10.1. The Morgan fingerprint density at radius 1 is 1.23 bits per heavy atom. The Balaban J connectivity index is 1.31. The fourth-order valence-electron chi connectivity index (χ4n) is 3.26. The van der Waals surface area contributed by atoms with Crippen molar-refractivity contribution < 1.29 is 9.21 Å². The van der Waals surface area contributed by atoms with Crippen LogP contribution in [0.2, 0.25) is 0 Å². The molecule has 1 aliphatic heterocycles. The quantitative estimate of drug-likeness (QED) is 0.756. The summed E-state index contributed by atoms with van der Waals surface area (Å²) < 4.78 is 5.50. The maximum absolute atomic E-state index is 12.3. The smallest absolute Gasteiger partial charge is 0.319 e. The first kappa shape index (κ1) is 16.4. The van der Waals surface area contributed by atoms with Crippen molar-refractivity contribution in [2.24, 2.45) is 0 Å². The summed E-state index contributed by atoms with van der Waals surface area (Å²) in [5.74, 6) is 1.60. The minimum absolute atomic E-state index is 0.159. The van der Waals surface area contributed by atoms with Crippen LogP contribution < -0.4 is 15.5 Å². The number of hydrogen-bond acceptors (Lipinski definition) is 5. The van der Waals surface area contributed by atoms with Crippen molar-refractivity contribution >= 4 is 28.6 Å². The molecule has 3 heterocycles. The van der Waals surface area contributed by atoms with Crippen LogP contribution in [-0.4, -0.2) is 35.1 Å². The normalized spacial score (nSPS) is 15.2. The second-order valence-corrected chi connectivity index (χ2v) is 6.46. The number of aryl methyl sites for hydroxylation is 1. The largest absolute Gasteiger partial charge is 0.441 e. The van der Waals surface area contributed by atoms with Gasteiger partial charge in [0.1, 0.15) is 11.3 Å². The number of oxazole rings is 1. The molecule has 2 aromatic heterocycles. The van der Waals surface area contributed by atoms with E-state index in [0.29, 0.717) is 17.2 Å². The molecule has 0 radical (unpaired) electrons. The third kappa shape index (κ3) is 3.61. The van der Waals surface area contributed by atoms with Crippen LogP contribution >= 0.6 is 0 Å². The van der Waals surface area contributed by atoms with Gasteiger partial charge >= 0.3 is 6.03 Å². The van der Waals surface area contributed by atoms with E-state index in [2.05, 4.69) is 25.5 Å². The summed E-state index contributed by atoms with van der Waals surface area (Å²) in [5.41, 5.74) is 2.15. The first-order chi connectivity index (χ1) is 12.7. The van der Waals surface area contributed by atoms with E-state index in [9.17, 15) is 4.79 Å². The van der Waals surface area contributed by atoms with E-state index in [0.717, 1.165) is 37.3 Å². The van der Waals surface area contributed by atoms with Crippen LogP contribution in [0.25, 0.3) is 11.1 Å². The molecule has 0 atom stereocenters. The van der Waals surface area contributed by atoms with Gasteiger partial charge in [-0.05, 0) is 37.1 Å². The lowest BCUT2D eigenvalue weighted by Gasteiger charge is -2.33. The molecule has 0 spiro atoms. The molecule has 1 saturated heterocycles. The van der Waals surface area contributed by atoms with Gasteiger partial charge in [-0.2, -0.15) is 0 Å². The summed E-state index contributed by atoms with van der Waals surface area (Å²) in [5, 5.41) is 5.92. The van der Waals surface area contributed by atoms with Crippen LogP contribution in [0.4, 0.5) is 16.3 Å². The number of carbonyl (C=O) groups is 1. The zero-order valence-electron chi connectivity index (χ0n) is 14.6. The van der Waals surface area contributed by atoms with E-state index in [1.165, 1.54) is 0 Å². The molecule has 2 N–H and O–H groups in total. The van der Waals surface area contributed by atoms with Gasteiger partial charge in [0.25, 0.3) is 0 Å². The Hall–Kier alpha value is -3.09. The van der Waals surface area contributed by atoms with Gasteiger partial charge in [0.15, 0.2) is 11.5 Å². The molecular weight excluding hydrogens is 330 g/mol. The van der Waals surface area contributed by atoms with E-state index in [1.54, 1.807) is 19.2 Å². The zero-order chi connectivity index (χ0) is 17.9. The van der Waals surface area contributed by atoms with Crippen LogP contribution in [0.5, 0.6) is 0 Å². The Labute approximate surface area is 151 Å². The number of piperidine rings is 1. The first-order valence-corrected chi connectivity index (χ1v) is 8.78. The molecule has 3 aromatic rings. The van der Waals surface area contributed by atoms with Crippen molar-refractivity contribution in [2.45, 2.75) is 25.8 Å². The van der Waals surface area contributed by atoms with Crippen LogP contribution in [0.1, 0.15) is 18.7 Å². The summed E-state index contributed by atoms with van der Waals surface area (Å²) in [6.45, 7) is 3.56. The second-order valence-electron chi connectivity index (χ2n) is 6.46. The Bertz CT molecular complexity index is 901. The van der Waals surface area contributed by atoms with Crippen molar-refractivity contribution in [3.05, 3.63) is 48.5 Å². The average Bonchev–Trinajstić information content (AvgIpc) is 3.02. The number of pyridine rings is 1. The highest BCUT2D eigenvalue weighted by molar-refractivity contribution is 5.91. The summed E-state index contributed by atoms with van der Waals surface area (Å²) >= 11 is 0. The average molecular weight is 351 g/mol. The SMILES string of the molecule is Cc1nc2ccc(NC(=O)NC3CCN(c4ccccn4)CC3)cc2o1. The van der Waals surface area contributed by atoms with E-state index in [4.69, 9.17) is 4.42 Å². The summed E-state index contributed by atoms with van der Waals surface area (Å²) in [6.07, 6.45) is 3.59. The number of hydrogen-bond donors (Lipinski definition) is 2. The lowest BCUT2D eigenvalue weighted by Crippen LogP contribution is -2.46. The Kier molecular flexibility index (Phi) is 4.43. The number of amides is 2. The number of carbonyl (C=O) groups excluding carboxylic acids is 1. The van der Waals surface area contributed by atoms with Crippen molar-refractivity contribution in [1.29, 1.82) is 0 Å². The van der Waals surface area contributed by atoms with Gasteiger partial charge in [-0.25, -0.2) is 14.8 Å². The van der Waals surface area contributed by atoms with E-state index < -0.39 is 0 Å². The molecule has 7 nitrogen and oxygen atoms in total. The Morgan fingerprint density at radius 2 is 2.08 bits per heavy atom. The van der Waals surface area contributed by atoms with Gasteiger partial charge in [0.05, 0.1) is 0 Å². The van der Waals surface area contributed by atoms with Crippen LogP contribution in [0.3, 0.4) is 0 Å². The van der Waals surface area contributed by atoms with Crippen molar-refractivity contribution in [3.63, 3.8) is 0 Å². The standard InChI is InChI=1S/C19H21N5O2/c1-13-21-16-6-5-15(12-17(16)26-13)23-19(25)22-14-7-10-24(11-8-14)18-4-2-3-9-20-18/h2-6,9,12,14H,7-8,10-11H2,1H3,(H2,22,23,25). The molecule has 26 heavy (non-hydrogen) atoms. The first-order valence-electron chi connectivity index (χ1n) is 8.78. The fraction of sp³-hybridized carbons (Fsp3) is 0.316. The third-order valence-electron chi connectivity index (χ3n) is 4.56. The van der Waals surface area contributed by atoms with Gasteiger partial charge < -0.3 is 20.0 Å². The van der Waals surface area contributed by atoms with Gasteiger partial charge in [0.2, 0.25) is 0 Å². The summed E-state index contributed by atoms with van der Waals surface area (Å²) in [4.78, 5) is 23.2. The minimum Gasteiger partial charge on any atom is -0.441 e. The topological polar surface area (TPSA) is 83.3 Å². The number of benzene rings is 1. The molecule has 1 aromatic carbocycles. The highest BCUT2D eigenvalue weighted by Gasteiger charge is 2.21. The number of nitrogens with zero attached hydrogens (tertiary/aromatic N) is 3. The van der Waals surface area contributed by atoms with E-state index in [1.807, 2.05) is 30.3 Å². The number of aromatic nitrogens is 2. The van der Waals surface area contributed by atoms with Crippen LogP contribution in [0.15, 0.2) is 47.0 Å². The van der Waals surface area contributed by atoms with E-state index in [-0.39, 0.29) is 12.1 Å². The molecule has 2 amide bonds. The molecule has 0 aliphatic carbocycles. The van der Waals surface area contributed by atoms with Gasteiger partial charge in [0, 0.05) is 44.0 Å². The number of anilines is 2. The maximum Gasteiger partial charge on any atom is 0.319 e. The third-order valence-corrected chi connectivity index (χ3v) is 4.56. The molecule has 0 bridgehead atoms. The molecule has 1 fully saturated rings. The maximum atomic E-state index is 12.3. The van der Waals surface area contributed by atoms with Crippen molar-refractivity contribution in [2.75, 3.05) is 23.3 Å². The predicted molar refractivity (Wildman–Crippen MR) is 100 cm³/mol. The fourth-order valence-corrected chi connectivity index (χ4v) is 3.26. The lowest BCUT2D eigenvalue weighted by molar-refractivity contribution is 0.246. The zero-order valence-corrected chi connectivity index (χ0v) is 14.6. The van der Waals surface area contributed by atoms with Gasteiger partial charge in [-0.3, -0.25) is 0 Å². The van der Waals surface area contributed by atoms with Crippen LogP contribution in [-0.2, 0) is 0 Å². The highest BCUT2D eigenvalue weighted by atomic mass is 16.3. The molecular formula is C19H21N5O2. The van der Waals surface area contributed by atoms with Crippen LogP contribution in [0, 0.1) is 6.92 Å². The predicted octanol–water partition coefficient (Wildman–Crippen LogP) is 3.32. The molecule has 134 valence electrons. The monoisotopic (exact) mass is 351 g/mol. The van der Waals surface area contributed by atoms with Gasteiger partial charge in [-0.15, -0.1) is 0 Å². The number of urea groups is 1. The second kappa shape index (κ2) is 7.03. The highest BCUT2D eigenvalue weighted by Crippen LogP contribution is 2.20. The summed E-state index contributed by atoms with van der Waals surface area (Å²) in [6, 6.07) is 11.3. The number of rotatable bonds is 3. The molecule has 0 unspecified atom stereocenters. The van der Waals surface area contributed by atoms with Crippen molar-refractivity contribution in [3.8, 4) is 0 Å². The van der Waals surface area contributed by atoms with Crippen molar-refractivity contribution in [1.82, 2.24) is 15.3 Å². The summed E-state index contributed by atoms with van der Waals surface area (Å²) in [7, 11) is 0. The number of fused-ring (bicyclic) bond motifs is 1. The van der Waals surface area contributed by atoms with E-state index >= 15 is 0 Å². The minimum atomic E-state index is -0.197. The molecule has 1 aliphatic rings.